The molecule has 0 radical (unpaired) electrons. The highest BCUT2D eigenvalue weighted by atomic mass is 16.5. The largest absolute Gasteiger partial charge is 0.497 e. The average Bonchev–Trinajstić information content (AvgIpc) is 2.71. The van der Waals surface area contributed by atoms with Crippen LogP contribution >= 0.6 is 0 Å². The van der Waals surface area contributed by atoms with E-state index in [0.29, 0.717) is 5.75 Å². The first-order valence-corrected chi connectivity index (χ1v) is 6.42. The number of amides is 4. The van der Waals surface area contributed by atoms with Crippen LogP contribution in [0, 0.1) is 0 Å². The van der Waals surface area contributed by atoms with E-state index in [1.54, 1.807) is 6.07 Å². The predicted molar refractivity (Wildman–Crippen MR) is 69.7 cm³/mol. The van der Waals surface area contributed by atoms with E-state index in [1.807, 2.05) is 0 Å². The van der Waals surface area contributed by atoms with Gasteiger partial charge < -0.3 is 4.74 Å². The highest BCUT2D eigenvalue weighted by Gasteiger charge is 2.44. The molecule has 1 aromatic carbocycles. The van der Waals surface area contributed by atoms with Crippen LogP contribution in [-0.4, -0.2) is 41.7 Å². The van der Waals surface area contributed by atoms with E-state index in [4.69, 9.17) is 4.74 Å². The number of rotatable bonds is 2. The van der Waals surface area contributed by atoms with Crippen LogP contribution in [0.15, 0.2) is 18.2 Å². The lowest BCUT2D eigenvalue weighted by Gasteiger charge is -2.27. The summed E-state index contributed by atoms with van der Waals surface area (Å²) in [5, 5.41) is 2.15. The minimum Gasteiger partial charge on any atom is -0.497 e. The fourth-order valence-corrected chi connectivity index (χ4v) is 2.58. The molecule has 0 saturated carbocycles. The van der Waals surface area contributed by atoms with Gasteiger partial charge in [0.25, 0.3) is 11.8 Å². The smallest absolute Gasteiger partial charge is 0.262 e. The van der Waals surface area contributed by atoms with Crippen LogP contribution in [0.4, 0.5) is 0 Å². The van der Waals surface area contributed by atoms with Crippen molar-refractivity contribution in [1.29, 1.82) is 0 Å². The maximum Gasteiger partial charge on any atom is 0.262 e. The third-order valence-electron chi connectivity index (χ3n) is 3.65. The van der Waals surface area contributed by atoms with E-state index < -0.39 is 29.7 Å². The zero-order valence-electron chi connectivity index (χ0n) is 11.2. The molecule has 7 heteroatoms. The van der Waals surface area contributed by atoms with Crippen molar-refractivity contribution < 1.29 is 23.9 Å². The van der Waals surface area contributed by atoms with Crippen molar-refractivity contribution in [2.75, 3.05) is 7.11 Å². The fraction of sp³-hybridized carbons (Fsp3) is 0.286. The first-order chi connectivity index (χ1) is 10.0. The van der Waals surface area contributed by atoms with Crippen molar-refractivity contribution in [2.45, 2.75) is 18.9 Å². The van der Waals surface area contributed by atoms with Gasteiger partial charge >= 0.3 is 0 Å². The molecule has 1 aromatic rings. The Labute approximate surface area is 119 Å². The van der Waals surface area contributed by atoms with Gasteiger partial charge in [-0.1, -0.05) is 0 Å². The van der Waals surface area contributed by atoms with Gasteiger partial charge in [0, 0.05) is 6.42 Å². The molecule has 1 N–H and O–H groups in total. The minimum absolute atomic E-state index is 0.104. The SMILES string of the molecule is COc1ccc2c(c1)C(=O)N(C1CCC(=O)NC1=O)C2=O. The Morgan fingerprint density at radius 2 is 1.86 bits per heavy atom. The van der Waals surface area contributed by atoms with E-state index in [0.717, 1.165) is 4.90 Å². The van der Waals surface area contributed by atoms with Gasteiger partial charge in [-0.05, 0) is 24.6 Å². The lowest BCUT2D eigenvalue weighted by Crippen LogP contribution is -2.54. The second-order valence-corrected chi connectivity index (χ2v) is 4.86. The number of carbonyl (C=O) groups is 4. The molecule has 0 aliphatic carbocycles. The Morgan fingerprint density at radius 3 is 2.52 bits per heavy atom. The number of fused-ring (bicyclic) bond motifs is 1. The summed E-state index contributed by atoms with van der Waals surface area (Å²) in [6.45, 7) is 0. The van der Waals surface area contributed by atoms with Gasteiger partial charge in [0.1, 0.15) is 11.8 Å². The Balaban J connectivity index is 1.96. The molecular formula is C14H12N2O5. The first kappa shape index (κ1) is 13.3. The molecule has 2 heterocycles. The summed E-state index contributed by atoms with van der Waals surface area (Å²) in [5.41, 5.74) is 0.453. The molecular weight excluding hydrogens is 276 g/mol. The maximum absolute atomic E-state index is 12.4. The number of piperidine rings is 1. The second kappa shape index (κ2) is 4.69. The number of ether oxygens (including phenoxy) is 1. The zero-order valence-corrected chi connectivity index (χ0v) is 11.2. The van der Waals surface area contributed by atoms with Gasteiger partial charge in [0.15, 0.2) is 0 Å². The van der Waals surface area contributed by atoms with Crippen molar-refractivity contribution in [3.05, 3.63) is 29.3 Å². The molecule has 2 aliphatic rings. The highest BCUT2D eigenvalue weighted by molar-refractivity contribution is 6.23. The highest BCUT2D eigenvalue weighted by Crippen LogP contribution is 2.29. The standard InChI is InChI=1S/C14H12N2O5/c1-21-7-2-3-8-9(6-7)14(20)16(13(8)19)10-4-5-11(17)15-12(10)18/h2-3,6,10H,4-5H2,1H3,(H,15,17,18). The molecule has 4 amide bonds. The maximum atomic E-state index is 12.4. The van der Waals surface area contributed by atoms with Crippen LogP contribution in [0.2, 0.25) is 0 Å². The molecule has 21 heavy (non-hydrogen) atoms. The summed E-state index contributed by atoms with van der Waals surface area (Å²) < 4.78 is 5.03. The molecule has 3 rings (SSSR count). The number of carbonyl (C=O) groups excluding carboxylic acids is 4. The Bertz CT molecular complexity index is 682. The van der Waals surface area contributed by atoms with Gasteiger partial charge in [-0.15, -0.1) is 0 Å². The van der Waals surface area contributed by atoms with Crippen molar-refractivity contribution >= 4 is 23.6 Å². The number of imide groups is 2. The number of nitrogens with zero attached hydrogens (tertiary/aromatic N) is 1. The number of methoxy groups -OCH3 is 1. The first-order valence-electron chi connectivity index (χ1n) is 6.42. The Kier molecular flexibility index (Phi) is 2.97. The Morgan fingerprint density at radius 1 is 1.14 bits per heavy atom. The summed E-state index contributed by atoms with van der Waals surface area (Å²) in [7, 11) is 1.46. The van der Waals surface area contributed by atoms with Crippen molar-refractivity contribution in [2.24, 2.45) is 0 Å². The van der Waals surface area contributed by atoms with Crippen LogP contribution < -0.4 is 10.1 Å². The van der Waals surface area contributed by atoms with Gasteiger partial charge in [-0.25, -0.2) is 0 Å². The molecule has 0 aromatic heterocycles. The molecule has 1 unspecified atom stereocenters. The third-order valence-corrected chi connectivity index (χ3v) is 3.65. The van der Waals surface area contributed by atoms with Crippen LogP contribution in [0.3, 0.4) is 0 Å². The summed E-state index contributed by atoms with van der Waals surface area (Å²) >= 11 is 0. The molecule has 0 bridgehead atoms. The third kappa shape index (κ3) is 1.97. The van der Waals surface area contributed by atoms with E-state index >= 15 is 0 Å². The molecule has 7 nitrogen and oxygen atoms in total. The van der Waals surface area contributed by atoms with E-state index in [9.17, 15) is 19.2 Å². The monoisotopic (exact) mass is 288 g/mol. The number of hydrogen-bond acceptors (Lipinski definition) is 5. The van der Waals surface area contributed by atoms with Gasteiger partial charge in [0.2, 0.25) is 11.8 Å². The molecule has 1 saturated heterocycles. The van der Waals surface area contributed by atoms with Crippen LogP contribution in [-0.2, 0) is 9.59 Å². The van der Waals surface area contributed by atoms with E-state index in [2.05, 4.69) is 5.32 Å². The normalized spacial score (nSPS) is 21.4. The second-order valence-electron chi connectivity index (χ2n) is 4.86. The van der Waals surface area contributed by atoms with E-state index in [1.165, 1.54) is 19.2 Å². The fourth-order valence-electron chi connectivity index (χ4n) is 2.58. The van der Waals surface area contributed by atoms with E-state index in [-0.39, 0.29) is 24.0 Å². The summed E-state index contributed by atoms with van der Waals surface area (Å²) in [6, 6.07) is 3.61. The molecule has 0 spiro atoms. The lowest BCUT2D eigenvalue weighted by atomic mass is 10.0. The van der Waals surface area contributed by atoms with Crippen LogP contribution in [0.1, 0.15) is 33.6 Å². The number of benzene rings is 1. The quantitative estimate of drug-likeness (QED) is 0.779. The van der Waals surface area contributed by atoms with Crippen molar-refractivity contribution in [3.63, 3.8) is 0 Å². The average molecular weight is 288 g/mol. The Hall–Kier alpha value is -2.70. The van der Waals surface area contributed by atoms with Gasteiger partial charge in [-0.3, -0.25) is 29.4 Å². The summed E-state index contributed by atoms with van der Waals surface area (Å²) in [4.78, 5) is 48.7. The van der Waals surface area contributed by atoms with Crippen molar-refractivity contribution in [3.8, 4) is 5.75 Å². The molecule has 2 aliphatic heterocycles. The van der Waals surface area contributed by atoms with Crippen LogP contribution in [0.5, 0.6) is 5.75 Å². The van der Waals surface area contributed by atoms with Gasteiger partial charge in [0.05, 0.1) is 18.2 Å². The topological polar surface area (TPSA) is 92.8 Å². The predicted octanol–water partition coefficient (Wildman–Crippen LogP) is 0.0964. The van der Waals surface area contributed by atoms with Gasteiger partial charge in [-0.2, -0.15) is 0 Å². The summed E-state index contributed by atoms with van der Waals surface area (Å²) in [6.07, 6.45) is 0.250. The zero-order chi connectivity index (χ0) is 15.1. The lowest BCUT2D eigenvalue weighted by molar-refractivity contribution is -0.136. The summed E-state index contributed by atoms with van der Waals surface area (Å²) in [5.74, 6) is -1.61. The minimum atomic E-state index is -0.943. The molecule has 108 valence electrons. The van der Waals surface area contributed by atoms with Crippen molar-refractivity contribution in [1.82, 2.24) is 10.2 Å². The van der Waals surface area contributed by atoms with Crippen LogP contribution in [0.25, 0.3) is 0 Å². The molecule has 1 fully saturated rings. The number of nitrogens with one attached hydrogen (secondary N) is 1. The molecule has 1 atom stereocenters. The number of hydrogen-bond donors (Lipinski definition) is 1.